The van der Waals surface area contributed by atoms with Gasteiger partial charge in [-0.1, -0.05) is 106 Å². The van der Waals surface area contributed by atoms with Gasteiger partial charge in [0.05, 0.1) is 0 Å². The maximum absolute atomic E-state index is 12.6. The van der Waals surface area contributed by atoms with Crippen LogP contribution in [-0.2, 0) is 11.0 Å². The maximum atomic E-state index is 12.6. The van der Waals surface area contributed by atoms with E-state index >= 15 is 0 Å². The zero-order valence-corrected chi connectivity index (χ0v) is 22.1. The predicted octanol–water partition coefficient (Wildman–Crippen LogP) is 6.99. The highest BCUT2D eigenvalue weighted by Crippen LogP contribution is 2.41. The molecular formula is C33H41NO2. The van der Waals surface area contributed by atoms with E-state index in [1.165, 1.54) is 5.56 Å². The van der Waals surface area contributed by atoms with E-state index in [1.807, 2.05) is 72.8 Å². The van der Waals surface area contributed by atoms with E-state index in [-0.39, 0.29) is 17.1 Å². The van der Waals surface area contributed by atoms with Gasteiger partial charge in [-0.05, 0) is 73.3 Å². The van der Waals surface area contributed by atoms with Crippen molar-refractivity contribution < 1.29 is 9.90 Å². The van der Waals surface area contributed by atoms with Crippen molar-refractivity contribution in [3.63, 3.8) is 0 Å². The molecule has 0 aliphatic carbocycles. The molecule has 3 heteroatoms. The first kappa shape index (κ1) is 26.3. The number of carbonyl (C=O) groups is 1. The Morgan fingerprint density at radius 1 is 0.778 bits per heavy atom. The second-order valence-electron chi connectivity index (χ2n) is 11.3. The van der Waals surface area contributed by atoms with Crippen LogP contribution in [0.1, 0.15) is 79.9 Å². The molecule has 0 aromatic heterocycles. The van der Waals surface area contributed by atoms with Gasteiger partial charge in [-0.2, -0.15) is 0 Å². The lowest BCUT2D eigenvalue weighted by molar-refractivity contribution is -0.0143. The summed E-state index contributed by atoms with van der Waals surface area (Å²) in [6.45, 7) is 9.55. The number of nitrogens with zero attached hydrogens (tertiary/aromatic N) is 1. The number of ketones is 1. The van der Waals surface area contributed by atoms with Gasteiger partial charge in [-0.25, -0.2) is 0 Å². The molecule has 1 fully saturated rings. The van der Waals surface area contributed by atoms with Crippen molar-refractivity contribution in [2.24, 2.45) is 5.92 Å². The fraction of sp³-hybridized carbons (Fsp3) is 0.424. The van der Waals surface area contributed by atoms with E-state index in [1.54, 1.807) is 0 Å². The number of unbranched alkanes of at least 4 members (excludes halogenated alkanes) is 1. The lowest BCUT2D eigenvalue weighted by atomic mass is 9.72. The summed E-state index contributed by atoms with van der Waals surface area (Å²) in [4.78, 5) is 15.1. The molecule has 0 amide bonds. The van der Waals surface area contributed by atoms with E-state index in [0.717, 1.165) is 62.0 Å². The smallest absolute Gasteiger partial charge is 0.162 e. The van der Waals surface area contributed by atoms with Gasteiger partial charge in [0.2, 0.25) is 0 Å². The third-order valence-electron chi connectivity index (χ3n) is 7.81. The standard InChI is InChI=1S/C33H41NO2/c1-32(2,3)27-19-17-26(18-20-27)31(35)16-10-11-23-34-24-21-30(22-25-34)33(36,28-12-6-4-7-13-28)29-14-8-5-9-15-29/h4-9,12-15,17-20,30,36H,10-11,16,21-25H2,1-3H3. The van der Waals surface area contributed by atoms with Gasteiger partial charge in [0, 0.05) is 12.0 Å². The van der Waals surface area contributed by atoms with Gasteiger partial charge in [-0.15, -0.1) is 0 Å². The molecule has 36 heavy (non-hydrogen) atoms. The Balaban J connectivity index is 1.27. The summed E-state index contributed by atoms with van der Waals surface area (Å²) >= 11 is 0. The van der Waals surface area contributed by atoms with Crippen LogP contribution in [0, 0.1) is 5.92 Å². The summed E-state index contributed by atoms with van der Waals surface area (Å²) in [5.41, 5.74) is 3.17. The third kappa shape index (κ3) is 6.14. The molecule has 1 aliphatic heterocycles. The van der Waals surface area contributed by atoms with Crippen molar-refractivity contribution in [3.05, 3.63) is 107 Å². The van der Waals surface area contributed by atoms with Gasteiger partial charge in [0.1, 0.15) is 5.60 Å². The Labute approximate surface area is 217 Å². The van der Waals surface area contributed by atoms with Crippen molar-refractivity contribution in [2.75, 3.05) is 19.6 Å². The monoisotopic (exact) mass is 483 g/mol. The number of Topliss-reactive ketones (excluding diaryl/α,β-unsaturated/α-hetero) is 1. The fourth-order valence-corrected chi connectivity index (χ4v) is 5.52. The molecule has 0 atom stereocenters. The molecule has 0 radical (unpaired) electrons. The van der Waals surface area contributed by atoms with Crippen molar-refractivity contribution in [1.29, 1.82) is 0 Å². The molecule has 4 rings (SSSR count). The molecule has 0 bridgehead atoms. The van der Waals surface area contributed by atoms with Gasteiger partial charge < -0.3 is 10.0 Å². The van der Waals surface area contributed by atoms with Crippen molar-refractivity contribution in [1.82, 2.24) is 4.90 Å². The Hall–Kier alpha value is -2.75. The van der Waals surface area contributed by atoms with Crippen molar-refractivity contribution >= 4 is 5.78 Å². The number of carbonyl (C=O) groups excluding carboxylic acids is 1. The van der Waals surface area contributed by atoms with Gasteiger partial charge in [-0.3, -0.25) is 4.79 Å². The van der Waals surface area contributed by atoms with Crippen LogP contribution in [0.15, 0.2) is 84.9 Å². The first-order chi connectivity index (χ1) is 17.3. The summed E-state index contributed by atoms with van der Waals surface area (Å²) in [5.74, 6) is 0.418. The van der Waals surface area contributed by atoms with Crippen LogP contribution in [0.3, 0.4) is 0 Å². The Bertz CT molecular complexity index is 1050. The molecule has 3 nitrogen and oxygen atoms in total. The van der Waals surface area contributed by atoms with Crippen LogP contribution in [-0.4, -0.2) is 35.4 Å². The lowest BCUT2D eigenvalue weighted by Gasteiger charge is -2.42. The normalized spacial score (nSPS) is 15.7. The molecule has 1 aliphatic rings. The summed E-state index contributed by atoms with van der Waals surface area (Å²) in [7, 11) is 0. The fourth-order valence-electron chi connectivity index (χ4n) is 5.52. The summed E-state index contributed by atoms with van der Waals surface area (Å²) in [6, 6.07) is 28.4. The molecule has 3 aromatic rings. The van der Waals surface area contributed by atoms with Crippen LogP contribution in [0.4, 0.5) is 0 Å². The van der Waals surface area contributed by atoms with Gasteiger partial charge >= 0.3 is 0 Å². The maximum Gasteiger partial charge on any atom is 0.162 e. The molecule has 0 unspecified atom stereocenters. The third-order valence-corrected chi connectivity index (χ3v) is 7.81. The Morgan fingerprint density at radius 2 is 1.31 bits per heavy atom. The summed E-state index contributed by atoms with van der Waals surface area (Å²) in [6.07, 6.45) is 4.46. The second-order valence-corrected chi connectivity index (χ2v) is 11.3. The molecular weight excluding hydrogens is 442 g/mol. The number of benzene rings is 3. The molecule has 0 spiro atoms. The zero-order valence-electron chi connectivity index (χ0n) is 22.1. The van der Waals surface area contributed by atoms with Gasteiger partial charge in [0.25, 0.3) is 0 Å². The first-order valence-electron chi connectivity index (χ1n) is 13.5. The Kier molecular flexibility index (Phi) is 8.43. The molecule has 190 valence electrons. The molecule has 1 saturated heterocycles. The quantitative estimate of drug-likeness (QED) is 0.263. The number of piperidine rings is 1. The molecule has 1 heterocycles. The second kappa shape index (κ2) is 11.5. The largest absolute Gasteiger partial charge is 0.380 e. The average molecular weight is 484 g/mol. The van der Waals surface area contributed by atoms with E-state index in [9.17, 15) is 9.90 Å². The lowest BCUT2D eigenvalue weighted by Crippen LogP contribution is -2.44. The van der Waals surface area contributed by atoms with E-state index < -0.39 is 5.60 Å². The highest BCUT2D eigenvalue weighted by Gasteiger charge is 2.41. The predicted molar refractivity (Wildman–Crippen MR) is 148 cm³/mol. The van der Waals surface area contributed by atoms with E-state index in [4.69, 9.17) is 0 Å². The highest BCUT2D eigenvalue weighted by molar-refractivity contribution is 5.96. The van der Waals surface area contributed by atoms with Crippen molar-refractivity contribution in [2.45, 2.75) is 63.9 Å². The van der Waals surface area contributed by atoms with E-state index in [2.05, 4.69) is 37.8 Å². The minimum Gasteiger partial charge on any atom is -0.380 e. The minimum atomic E-state index is -0.969. The number of aliphatic hydroxyl groups is 1. The number of likely N-dealkylation sites (tertiary alicyclic amines) is 1. The van der Waals surface area contributed by atoms with Crippen LogP contribution in [0.25, 0.3) is 0 Å². The van der Waals surface area contributed by atoms with Crippen molar-refractivity contribution in [3.8, 4) is 0 Å². The number of rotatable bonds is 9. The minimum absolute atomic E-state index is 0.104. The highest BCUT2D eigenvalue weighted by atomic mass is 16.3. The van der Waals surface area contributed by atoms with Gasteiger partial charge in [0.15, 0.2) is 5.78 Å². The molecule has 3 aromatic carbocycles. The summed E-state index contributed by atoms with van der Waals surface area (Å²) < 4.78 is 0. The number of hydrogen-bond donors (Lipinski definition) is 1. The van der Waals surface area contributed by atoms with Crippen LogP contribution >= 0.6 is 0 Å². The SMILES string of the molecule is CC(C)(C)c1ccc(C(=O)CCCCN2CCC(C(O)(c3ccccc3)c3ccccc3)CC2)cc1. The molecule has 0 saturated carbocycles. The Morgan fingerprint density at radius 3 is 1.81 bits per heavy atom. The zero-order chi connectivity index (χ0) is 25.6. The van der Waals surface area contributed by atoms with Crippen LogP contribution in [0.2, 0.25) is 0 Å². The first-order valence-corrected chi connectivity index (χ1v) is 13.5. The molecule has 1 N–H and O–H groups in total. The topological polar surface area (TPSA) is 40.5 Å². The van der Waals surface area contributed by atoms with Crippen LogP contribution < -0.4 is 0 Å². The van der Waals surface area contributed by atoms with E-state index in [0.29, 0.717) is 6.42 Å². The average Bonchev–Trinajstić information content (AvgIpc) is 2.91. The summed E-state index contributed by atoms with van der Waals surface area (Å²) in [5, 5.41) is 12.1. The number of hydrogen-bond acceptors (Lipinski definition) is 3. The van der Waals surface area contributed by atoms with Crippen LogP contribution in [0.5, 0.6) is 0 Å².